The second-order valence-corrected chi connectivity index (χ2v) is 14.7. The molecule has 47 heavy (non-hydrogen) atoms. The summed E-state index contributed by atoms with van der Waals surface area (Å²) in [6.45, 7) is 10.4. The Morgan fingerprint density at radius 3 is 2.38 bits per heavy atom. The van der Waals surface area contributed by atoms with Crippen molar-refractivity contribution in [1.29, 1.82) is 0 Å². The highest BCUT2D eigenvalue weighted by Crippen LogP contribution is 2.35. The summed E-state index contributed by atoms with van der Waals surface area (Å²) in [7, 11) is 0. The molecule has 0 bridgehead atoms. The average Bonchev–Trinajstić information content (AvgIpc) is 3.57. The maximum Gasteiger partial charge on any atom is 0.258 e. The van der Waals surface area contributed by atoms with E-state index in [9.17, 15) is 14.0 Å². The highest BCUT2D eigenvalue weighted by Gasteiger charge is 2.36. The Hall–Kier alpha value is -3.13. The van der Waals surface area contributed by atoms with Gasteiger partial charge in [0.1, 0.15) is 18.2 Å². The lowest BCUT2D eigenvalue weighted by atomic mass is 9.82. The van der Waals surface area contributed by atoms with Gasteiger partial charge in [0.2, 0.25) is 5.91 Å². The number of rotatable bonds is 11. The third kappa shape index (κ3) is 9.49. The second kappa shape index (κ2) is 15.8. The quantitative estimate of drug-likeness (QED) is 0.203. The van der Waals surface area contributed by atoms with Gasteiger partial charge in [-0.2, -0.15) is 0 Å². The van der Waals surface area contributed by atoms with Gasteiger partial charge in [0.25, 0.3) is 5.91 Å². The van der Waals surface area contributed by atoms with Crippen LogP contribution >= 0.6 is 23.2 Å². The number of anilines is 1. The van der Waals surface area contributed by atoms with Gasteiger partial charge in [-0.1, -0.05) is 62.5 Å². The van der Waals surface area contributed by atoms with Crippen LogP contribution in [0.2, 0.25) is 10.0 Å². The summed E-state index contributed by atoms with van der Waals surface area (Å²) >= 11 is 12.5. The van der Waals surface area contributed by atoms with Crippen LogP contribution < -0.4 is 9.64 Å². The summed E-state index contributed by atoms with van der Waals surface area (Å²) < 4.78 is 19.9. The van der Waals surface area contributed by atoms with E-state index in [2.05, 4.69) is 4.90 Å². The molecule has 1 heterocycles. The fourth-order valence-electron chi connectivity index (χ4n) is 6.70. The minimum atomic E-state index is -0.567. The van der Waals surface area contributed by atoms with Gasteiger partial charge in [0.05, 0.1) is 10.0 Å². The molecule has 0 spiro atoms. The van der Waals surface area contributed by atoms with Crippen molar-refractivity contribution in [2.45, 2.75) is 71.9 Å². The van der Waals surface area contributed by atoms with Gasteiger partial charge >= 0.3 is 0 Å². The molecule has 2 aliphatic rings. The first-order valence-electron chi connectivity index (χ1n) is 16.8. The van der Waals surface area contributed by atoms with Gasteiger partial charge in [-0.15, -0.1) is 0 Å². The molecule has 0 N–H and O–H groups in total. The predicted octanol–water partition coefficient (Wildman–Crippen LogP) is 8.89. The Morgan fingerprint density at radius 1 is 0.936 bits per heavy atom. The van der Waals surface area contributed by atoms with Gasteiger partial charge in [0, 0.05) is 48.4 Å². The van der Waals surface area contributed by atoms with Crippen molar-refractivity contribution in [3.8, 4) is 5.75 Å². The summed E-state index contributed by atoms with van der Waals surface area (Å²) in [5, 5.41) is 0.944. The Bertz CT molecular complexity index is 1520. The molecule has 1 aliphatic carbocycles. The van der Waals surface area contributed by atoms with Crippen molar-refractivity contribution in [3.63, 3.8) is 0 Å². The van der Waals surface area contributed by atoms with E-state index in [4.69, 9.17) is 27.9 Å². The molecule has 5 rings (SSSR count). The summed E-state index contributed by atoms with van der Waals surface area (Å²) in [5.41, 5.74) is 1.51. The van der Waals surface area contributed by atoms with Crippen LogP contribution in [-0.2, 0) is 11.3 Å². The Balaban J connectivity index is 1.37. The van der Waals surface area contributed by atoms with Crippen LogP contribution in [0.15, 0.2) is 66.7 Å². The normalized spacial score (nSPS) is 18.6. The first kappa shape index (κ1) is 35.2. The van der Waals surface area contributed by atoms with E-state index < -0.39 is 5.41 Å². The van der Waals surface area contributed by atoms with E-state index in [0.717, 1.165) is 56.6 Å². The van der Waals surface area contributed by atoms with E-state index in [0.29, 0.717) is 41.1 Å². The van der Waals surface area contributed by atoms with E-state index in [1.54, 1.807) is 11.0 Å². The van der Waals surface area contributed by atoms with Crippen molar-refractivity contribution in [1.82, 2.24) is 9.80 Å². The molecule has 2 fully saturated rings. The molecule has 9 heteroatoms. The first-order valence-corrected chi connectivity index (χ1v) is 17.5. The van der Waals surface area contributed by atoms with Crippen LogP contribution in [0.5, 0.6) is 5.75 Å². The molecule has 1 saturated carbocycles. The Labute approximate surface area is 288 Å². The van der Waals surface area contributed by atoms with Gasteiger partial charge in [-0.3, -0.25) is 14.5 Å². The standard InChI is InChI=1S/C38H46Cl2FN3O3/c1-38(2,3)37(46)44(26-28-12-17-34(39)35(40)23-28)31-9-6-8-27(22-31)25-43(36(45)29-13-15-30(41)16-14-29)32-10-7-11-33(24-32)47-21-20-42-18-4-5-19-42/h7,10-17,23-24,27,31H,4-6,8-9,18-22,25-26H2,1-3H3. The highest BCUT2D eigenvalue weighted by molar-refractivity contribution is 6.42. The summed E-state index contributed by atoms with van der Waals surface area (Å²) in [5.74, 6) is 0.347. The lowest BCUT2D eigenvalue weighted by Gasteiger charge is -2.41. The molecule has 1 saturated heterocycles. The van der Waals surface area contributed by atoms with Crippen molar-refractivity contribution >= 4 is 40.7 Å². The average molecular weight is 683 g/mol. The zero-order valence-corrected chi connectivity index (χ0v) is 29.2. The molecule has 6 nitrogen and oxygen atoms in total. The number of ether oxygens (including phenoxy) is 1. The topological polar surface area (TPSA) is 53.1 Å². The number of nitrogens with zero attached hydrogens (tertiary/aromatic N) is 3. The Kier molecular flexibility index (Phi) is 11.9. The first-order chi connectivity index (χ1) is 22.5. The summed E-state index contributed by atoms with van der Waals surface area (Å²) in [6.07, 6.45) is 5.96. The molecule has 1 aliphatic heterocycles. The zero-order valence-electron chi connectivity index (χ0n) is 27.7. The Morgan fingerprint density at radius 2 is 1.68 bits per heavy atom. The summed E-state index contributed by atoms with van der Waals surface area (Å²) in [4.78, 5) is 34.1. The molecule has 252 valence electrons. The highest BCUT2D eigenvalue weighted by atomic mass is 35.5. The number of amides is 2. The fourth-order valence-corrected chi connectivity index (χ4v) is 7.02. The van der Waals surface area contributed by atoms with E-state index in [1.165, 1.54) is 37.1 Å². The molecule has 0 radical (unpaired) electrons. The molecule has 2 atom stereocenters. The second-order valence-electron chi connectivity index (χ2n) is 13.9. The molecule has 2 unspecified atom stereocenters. The maximum absolute atomic E-state index is 14.1. The monoisotopic (exact) mass is 681 g/mol. The number of hydrogen-bond acceptors (Lipinski definition) is 4. The van der Waals surface area contributed by atoms with Crippen LogP contribution in [0.1, 0.15) is 75.2 Å². The van der Waals surface area contributed by atoms with E-state index in [1.807, 2.05) is 62.1 Å². The number of likely N-dealkylation sites (tertiary alicyclic amines) is 1. The van der Waals surface area contributed by atoms with Crippen LogP contribution in [0.4, 0.5) is 10.1 Å². The molecule has 3 aromatic rings. The largest absolute Gasteiger partial charge is 0.492 e. The van der Waals surface area contributed by atoms with Gasteiger partial charge in [0.15, 0.2) is 0 Å². The molecule has 2 amide bonds. The minimum Gasteiger partial charge on any atom is -0.492 e. The zero-order chi connectivity index (χ0) is 33.6. The van der Waals surface area contributed by atoms with Gasteiger partial charge in [-0.25, -0.2) is 4.39 Å². The summed E-state index contributed by atoms with van der Waals surface area (Å²) in [6, 6.07) is 18.9. The van der Waals surface area contributed by atoms with Crippen molar-refractivity contribution in [2.24, 2.45) is 11.3 Å². The van der Waals surface area contributed by atoms with Crippen LogP contribution in [0.25, 0.3) is 0 Å². The molecular formula is C38H46Cl2FN3O3. The SMILES string of the molecule is CC(C)(C)C(=O)N(Cc1ccc(Cl)c(Cl)c1)C1CCCC(CN(C(=O)c2ccc(F)cc2)c2cccc(OCCN3CCCC3)c2)C1. The number of carbonyl (C=O) groups is 2. The lowest BCUT2D eigenvalue weighted by Crippen LogP contribution is -2.48. The van der Waals surface area contributed by atoms with Crippen molar-refractivity contribution in [3.05, 3.63) is 93.7 Å². The van der Waals surface area contributed by atoms with E-state index >= 15 is 0 Å². The van der Waals surface area contributed by atoms with Crippen molar-refractivity contribution < 1.29 is 18.7 Å². The van der Waals surface area contributed by atoms with Crippen LogP contribution in [0, 0.1) is 17.2 Å². The number of hydrogen-bond donors (Lipinski definition) is 0. The lowest BCUT2D eigenvalue weighted by molar-refractivity contribution is -0.143. The number of halogens is 3. The molecular weight excluding hydrogens is 636 g/mol. The number of carbonyl (C=O) groups excluding carboxylic acids is 2. The smallest absolute Gasteiger partial charge is 0.258 e. The fraction of sp³-hybridized carbons (Fsp3) is 0.474. The maximum atomic E-state index is 14.1. The van der Waals surface area contributed by atoms with Gasteiger partial charge < -0.3 is 14.5 Å². The van der Waals surface area contributed by atoms with Gasteiger partial charge in [-0.05, 0) is 105 Å². The van der Waals surface area contributed by atoms with Crippen molar-refractivity contribution in [2.75, 3.05) is 37.7 Å². The molecule has 0 aromatic heterocycles. The predicted molar refractivity (Wildman–Crippen MR) is 188 cm³/mol. The van der Waals surface area contributed by atoms with Crippen LogP contribution in [0.3, 0.4) is 0 Å². The molecule has 3 aromatic carbocycles. The third-order valence-corrected chi connectivity index (χ3v) is 9.96. The van der Waals surface area contributed by atoms with E-state index in [-0.39, 0.29) is 29.6 Å². The van der Waals surface area contributed by atoms with Crippen LogP contribution in [-0.4, -0.2) is 60.4 Å². The number of benzene rings is 3. The third-order valence-electron chi connectivity index (χ3n) is 9.22. The minimum absolute atomic E-state index is 0.00189.